The fraction of sp³-hybridized carbons (Fsp3) is 0.579. The number of nitrogens with zero attached hydrogens (tertiary/aromatic N) is 3. The molecule has 25 heavy (non-hydrogen) atoms. The summed E-state index contributed by atoms with van der Waals surface area (Å²) in [5, 5.41) is 6.71. The summed E-state index contributed by atoms with van der Waals surface area (Å²) in [6.45, 7) is 6.34. The maximum Gasteiger partial charge on any atom is 0.191 e. The SMILES string of the molecule is CN=C(NCCCOCC1CC1)NCCn1c(C)nc2ccccc21. The summed E-state index contributed by atoms with van der Waals surface area (Å²) in [7, 11) is 1.80. The summed E-state index contributed by atoms with van der Waals surface area (Å²) in [4.78, 5) is 8.88. The molecule has 6 heteroatoms. The number of nitrogens with one attached hydrogen (secondary N) is 2. The van der Waals surface area contributed by atoms with Crippen molar-refractivity contribution in [3.63, 3.8) is 0 Å². The van der Waals surface area contributed by atoms with Gasteiger partial charge in [-0.05, 0) is 44.2 Å². The average Bonchev–Trinajstić information content (AvgIpc) is 3.39. The van der Waals surface area contributed by atoms with Crippen LogP contribution in [0.1, 0.15) is 25.1 Å². The van der Waals surface area contributed by atoms with E-state index < -0.39 is 0 Å². The fourth-order valence-corrected chi connectivity index (χ4v) is 2.90. The van der Waals surface area contributed by atoms with Gasteiger partial charge in [0, 0.05) is 39.9 Å². The number of aryl methyl sites for hydroxylation is 1. The van der Waals surface area contributed by atoms with Crippen molar-refractivity contribution in [2.75, 3.05) is 33.4 Å². The monoisotopic (exact) mass is 343 g/mol. The molecule has 1 fully saturated rings. The molecule has 3 rings (SSSR count). The molecule has 2 aromatic rings. The van der Waals surface area contributed by atoms with Crippen LogP contribution in [0.5, 0.6) is 0 Å². The van der Waals surface area contributed by atoms with Crippen LogP contribution in [-0.2, 0) is 11.3 Å². The summed E-state index contributed by atoms with van der Waals surface area (Å²) < 4.78 is 7.88. The van der Waals surface area contributed by atoms with Crippen LogP contribution in [0.15, 0.2) is 29.3 Å². The lowest BCUT2D eigenvalue weighted by atomic mass is 10.3. The number of hydrogen-bond acceptors (Lipinski definition) is 3. The summed E-state index contributed by atoms with van der Waals surface area (Å²) >= 11 is 0. The lowest BCUT2D eigenvalue weighted by Gasteiger charge is -2.13. The van der Waals surface area contributed by atoms with Crippen LogP contribution in [0.3, 0.4) is 0 Å². The fourth-order valence-electron chi connectivity index (χ4n) is 2.90. The van der Waals surface area contributed by atoms with Gasteiger partial charge >= 0.3 is 0 Å². The van der Waals surface area contributed by atoms with Gasteiger partial charge in [0.15, 0.2) is 5.96 Å². The van der Waals surface area contributed by atoms with Crippen molar-refractivity contribution in [3.05, 3.63) is 30.1 Å². The van der Waals surface area contributed by atoms with Gasteiger partial charge in [-0.3, -0.25) is 4.99 Å². The molecule has 0 radical (unpaired) electrons. The molecule has 1 aromatic heterocycles. The number of aromatic nitrogens is 2. The molecule has 0 bridgehead atoms. The minimum absolute atomic E-state index is 0.805. The normalized spacial score (nSPS) is 14.9. The van der Waals surface area contributed by atoms with Gasteiger partial charge < -0.3 is 19.9 Å². The first kappa shape index (κ1) is 17.7. The van der Waals surface area contributed by atoms with Gasteiger partial charge in [0.1, 0.15) is 5.82 Å². The Morgan fingerprint density at radius 1 is 1.28 bits per heavy atom. The number of guanidine groups is 1. The second-order valence-electron chi connectivity index (χ2n) is 6.60. The van der Waals surface area contributed by atoms with Gasteiger partial charge in [-0.2, -0.15) is 0 Å². The zero-order chi connectivity index (χ0) is 17.5. The molecule has 0 saturated heterocycles. The maximum atomic E-state index is 5.65. The Kier molecular flexibility index (Phi) is 6.28. The van der Waals surface area contributed by atoms with E-state index in [0.717, 1.165) is 62.5 Å². The highest BCUT2D eigenvalue weighted by molar-refractivity contribution is 5.79. The minimum atomic E-state index is 0.805. The second-order valence-corrected chi connectivity index (χ2v) is 6.60. The average molecular weight is 343 g/mol. The van der Waals surface area contributed by atoms with Crippen molar-refractivity contribution < 1.29 is 4.74 Å². The molecule has 2 N–H and O–H groups in total. The van der Waals surface area contributed by atoms with E-state index in [2.05, 4.69) is 50.3 Å². The van der Waals surface area contributed by atoms with Crippen molar-refractivity contribution >= 4 is 17.0 Å². The Hall–Kier alpha value is -2.08. The van der Waals surface area contributed by atoms with Crippen molar-refractivity contribution in [3.8, 4) is 0 Å². The molecular formula is C19H29N5O. The van der Waals surface area contributed by atoms with Crippen molar-refractivity contribution in [2.24, 2.45) is 10.9 Å². The Balaban J connectivity index is 1.36. The van der Waals surface area contributed by atoms with E-state index in [-0.39, 0.29) is 0 Å². The number of ether oxygens (including phenoxy) is 1. The van der Waals surface area contributed by atoms with Crippen molar-refractivity contribution in [2.45, 2.75) is 32.7 Å². The summed E-state index contributed by atoms with van der Waals surface area (Å²) in [5.74, 6) is 2.72. The van der Waals surface area contributed by atoms with E-state index in [1.165, 1.54) is 18.4 Å². The molecule has 0 atom stereocenters. The Morgan fingerprint density at radius 2 is 2.08 bits per heavy atom. The lowest BCUT2D eigenvalue weighted by Crippen LogP contribution is -2.39. The standard InChI is InChI=1S/C19H29N5O/c1-15-23-17-6-3-4-7-18(17)24(15)12-11-22-19(20-2)21-10-5-13-25-14-16-8-9-16/h3-4,6-7,16H,5,8-14H2,1-2H3,(H2,20,21,22). The topological polar surface area (TPSA) is 63.5 Å². The van der Waals surface area contributed by atoms with Gasteiger partial charge in [0.2, 0.25) is 0 Å². The van der Waals surface area contributed by atoms with Crippen LogP contribution < -0.4 is 10.6 Å². The molecule has 1 aliphatic carbocycles. The molecule has 1 heterocycles. The first-order chi connectivity index (χ1) is 12.3. The van der Waals surface area contributed by atoms with Gasteiger partial charge in [-0.1, -0.05) is 12.1 Å². The molecule has 0 unspecified atom stereocenters. The number of benzene rings is 1. The van der Waals surface area contributed by atoms with Gasteiger partial charge in [0.25, 0.3) is 0 Å². The van der Waals surface area contributed by atoms with Crippen LogP contribution in [0.25, 0.3) is 11.0 Å². The highest BCUT2D eigenvalue weighted by Crippen LogP contribution is 2.28. The first-order valence-electron chi connectivity index (χ1n) is 9.22. The van der Waals surface area contributed by atoms with E-state index in [4.69, 9.17) is 4.74 Å². The Labute approximate surface area is 149 Å². The van der Waals surface area contributed by atoms with Crippen LogP contribution in [0.2, 0.25) is 0 Å². The van der Waals surface area contributed by atoms with Crippen LogP contribution in [-0.4, -0.2) is 48.9 Å². The highest BCUT2D eigenvalue weighted by atomic mass is 16.5. The molecule has 136 valence electrons. The van der Waals surface area contributed by atoms with Crippen molar-refractivity contribution in [1.82, 2.24) is 20.2 Å². The number of hydrogen-bond donors (Lipinski definition) is 2. The van der Waals surface area contributed by atoms with E-state index in [1.54, 1.807) is 7.05 Å². The summed E-state index contributed by atoms with van der Waals surface area (Å²) in [5.41, 5.74) is 2.23. The minimum Gasteiger partial charge on any atom is -0.381 e. The molecule has 1 saturated carbocycles. The molecule has 1 aliphatic rings. The van der Waals surface area contributed by atoms with Gasteiger partial charge in [-0.25, -0.2) is 4.98 Å². The molecule has 6 nitrogen and oxygen atoms in total. The van der Waals surface area contributed by atoms with Crippen LogP contribution >= 0.6 is 0 Å². The summed E-state index contributed by atoms with van der Waals surface area (Å²) in [6, 6.07) is 8.25. The first-order valence-corrected chi connectivity index (χ1v) is 9.22. The van der Waals surface area contributed by atoms with Crippen LogP contribution in [0, 0.1) is 12.8 Å². The summed E-state index contributed by atoms with van der Waals surface area (Å²) in [6.07, 6.45) is 3.69. The molecular weight excluding hydrogens is 314 g/mol. The van der Waals surface area contributed by atoms with E-state index in [0.29, 0.717) is 0 Å². The second kappa shape index (κ2) is 8.85. The predicted molar refractivity (Wildman–Crippen MR) is 102 cm³/mol. The van der Waals surface area contributed by atoms with Gasteiger partial charge in [-0.15, -0.1) is 0 Å². The third-order valence-corrected chi connectivity index (χ3v) is 4.51. The van der Waals surface area contributed by atoms with Gasteiger partial charge in [0.05, 0.1) is 11.0 Å². The number of imidazole rings is 1. The van der Waals surface area contributed by atoms with Crippen LogP contribution in [0.4, 0.5) is 0 Å². The third-order valence-electron chi connectivity index (χ3n) is 4.51. The van der Waals surface area contributed by atoms with E-state index >= 15 is 0 Å². The quantitative estimate of drug-likeness (QED) is 0.417. The smallest absolute Gasteiger partial charge is 0.191 e. The zero-order valence-electron chi connectivity index (χ0n) is 15.3. The highest BCUT2D eigenvalue weighted by Gasteiger charge is 2.20. The largest absolute Gasteiger partial charge is 0.381 e. The van der Waals surface area contributed by atoms with E-state index in [9.17, 15) is 0 Å². The number of fused-ring (bicyclic) bond motifs is 1. The zero-order valence-corrected chi connectivity index (χ0v) is 15.3. The lowest BCUT2D eigenvalue weighted by molar-refractivity contribution is 0.123. The number of rotatable bonds is 9. The van der Waals surface area contributed by atoms with E-state index in [1.807, 2.05) is 6.07 Å². The molecule has 0 amide bonds. The molecule has 0 spiro atoms. The number of para-hydroxylation sites is 2. The Bertz CT molecular complexity index is 705. The van der Waals surface area contributed by atoms with Crippen molar-refractivity contribution in [1.29, 1.82) is 0 Å². The molecule has 0 aliphatic heterocycles. The third kappa shape index (κ3) is 5.19. The predicted octanol–water partition coefficient (Wildman–Crippen LogP) is 2.33. The number of aliphatic imine (C=N–C) groups is 1. The molecule has 1 aromatic carbocycles. The Morgan fingerprint density at radius 3 is 2.88 bits per heavy atom. The maximum absolute atomic E-state index is 5.65.